The molecule has 0 spiro atoms. The molecule has 2 N–H and O–H groups in total. The number of benzene rings is 2. The van der Waals surface area contributed by atoms with E-state index < -0.39 is 0 Å². The first-order valence-electron chi connectivity index (χ1n) is 6.36. The smallest absolute Gasteiger partial charge is 0.271 e. The van der Waals surface area contributed by atoms with E-state index >= 15 is 0 Å². The van der Waals surface area contributed by atoms with Crippen LogP contribution in [0.5, 0.6) is 5.75 Å². The summed E-state index contributed by atoms with van der Waals surface area (Å²) in [5.74, 6) is -0.189. The van der Waals surface area contributed by atoms with Gasteiger partial charge >= 0.3 is 0 Å². The average molecular weight is 347 g/mol. The molecule has 0 fully saturated rings. The molecule has 0 unspecified atom stereocenters. The molecule has 2 rings (SSSR count). The van der Waals surface area contributed by atoms with Crippen LogP contribution in [0, 0.1) is 13.8 Å². The van der Waals surface area contributed by atoms with Crippen LogP contribution in [0.2, 0.25) is 0 Å². The van der Waals surface area contributed by atoms with E-state index in [-0.39, 0.29) is 11.7 Å². The van der Waals surface area contributed by atoms with E-state index in [1.54, 1.807) is 24.3 Å². The molecule has 0 aliphatic heterocycles. The zero-order valence-electron chi connectivity index (χ0n) is 11.7. The monoisotopic (exact) mass is 346 g/mol. The summed E-state index contributed by atoms with van der Waals surface area (Å²) >= 11 is 3.31. The summed E-state index contributed by atoms with van der Waals surface area (Å²) in [5, 5.41) is 13.5. The Bertz CT molecular complexity index is 711. The molecule has 0 atom stereocenters. The number of halogens is 1. The van der Waals surface area contributed by atoms with Gasteiger partial charge in [-0.2, -0.15) is 5.10 Å². The van der Waals surface area contributed by atoms with Gasteiger partial charge in [0.15, 0.2) is 0 Å². The lowest BCUT2D eigenvalue weighted by Crippen LogP contribution is -2.17. The highest BCUT2D eigenvalue weighted by atomic mass is 79.9. The lowest BCUT2D eigenvalue weighted by Gasteiger charge is -2.04. The highest BCUT2D eigenvalue weighted by molar-refractivity contribution is 9.10. The number of phenolic OH excluding ortho intramolecular Hbond substituents is 1. The van der Waals surface area contributed by atoms with Crippen molar-refractivity contribution in [3.8, 4) is 5.75 Å². The molecule has 21 heavy (non-hydrogen) atoms. The molecule has 0 saturated heterocycles. The van der Waals surface area contributed by atoms with E-state index in [4.69, 9.17) is 0 Å². The molecular formula is C16H15BrN2O2. The van der Waals surface area contributed by atoms with Crippen LogP contribution in [0.15, 0.2) is 46.0 Å². The molecular weight excluding hydrogens is 332 g/mol. The standard InChI is InChI=1S/C16H15BrN2O2/c1-10-3-4-12(7-11(10)2)16(21)19-18-9-13-8-14(17)5-6-15(13)20/h3-9,20H,1-2H3,(H,19,21). The first-order chi connectivity index (χ1) is 9.97. The maximum atomic E-state index is 12.0. The second-order valence-electron chi connectivity index (χ2n) is 4.70. The number of hydrazone groups is 1. The van der Waals surface area contributed by atoms with Crippen molar-refractivity contribution in [1.82, 2.24) is 5.43 Å². The average Bonchev–Trinajstić information content (AvgIpc) is 2.45. The number of carbonyl (C=O) groups excluding carboxylic acids is 1. The number of amides is 1. The Morgan fingerprint density at radius 3 is 2.67 bits per heavy atom. The quantitative estimate of drug-likeness (QED) is 0.659. The van der Waals surface area contributed by atoms with Gasteiger partial charge in [-0.1, -0.05) is 22.0 Å². The zero-order valence-corrected chi connectivity index (χ0v) is 13.3. The first-order valence-corrected chi connectivity index (χ1v) is 7.16. The molecule has 0 aliphatic carbocycles. The zero-order chi connectivity index (χ0) is 15.4. The van der Waals surface area contributed by atoms with Crippen molar-refractivity contribution in [3.05, 3.63) is 63.1 Å². The molecule has 5 heteroatoms. The molecule has 0 heterocycles. The fourth-order valence-corrected chi connectivity index (χ4v) is 2.12. The number of aromatic hydroxyl groups is 1. The number of aryl methyl sites for hydroxylation is 2. The van der Waals surface area contributed by atoms with Crippen LogP contribution in [0.1, 0.15) is 27.0 Å². The van der Waals surface area contributed by atoms with Gasteiger partial charge in [0, 0.05) is 15.6 Å². The Morgan fingerprint density at radius 2 is 1.95 bits per heavy atom. The molecule has 0 bridgehead atoms. The highest BCUT2D eigenvalue weighted by Gasteiger charge is 2.05. The molecule has 1 amide bonds. The fourth-order valence-electron chi connectivity index (χ4n) is 1.74. The van der Waals surface area contributed by atoms with Crippen molar-refractivity contribution >= 4 is 28.1 Å². The van der Waals surface area contributed by atoms with E-state index in [9.17, 15) is 9.90 Å². The Labute approximate surface area is 131 Å². The number of nitrogens with zero attached hydrogens (tertiary/aromatic N) is 1. The summed E-state index contributed by atoms with van der Waals surface area (Å²) in [4.78, 5) is 12.0. The lowest BCUT2D eigenvalue weighted by atomic mass is 10.1. The maximum Gasteiger partial charge on any atom is 0.271 e. The fraction of sp³-hybridized carbons (Fsp3) is 0.125. The summed E-state index contributed by atoms with van der Waals surface area (Å²) in [6.07, 6.45) is 1.40. The van der Waals surface area contributed by atoms with Gasteiger partial charge in [-0.05, 0) is 55.3 Å². The van der Waals surface area contributed by atoms with Crippen molar-refractivity contribution < 1.29 is 9.90 Å². The summed E-state index contributed by atoms with van der Waals surface area (Å²) in [6.45, 7) is 3.94. The van der Waals surface area contributed by atoms with Crippen LogP contribution in [-0.4, -0.2) is 17.2 Å². The van der Waals surface area contributed by atoms with Gasteiger partial charge in [0.05, 0.1) is 6.21 Å². The van der Waals surface area contributed by atoms with Crippen LogP contribution < -0.4 is 5.43 Å². The van der Waals surface area contributed by atoms with Gasteiger partial charge in [-0.3, -0.25) is 4.79 Å². The minimum absolute atomic E-state index is 0.0994. The third-order valence-corrected chi connectivity index (χ3v) is 3.62. The van der Waals surface area contributed by atoms with Crippen molar-refractivity contribution in [2.45, 2.75) is 13.8 Å². The maximum absolute atomic E-state index is 12.0. The molecule has 4 nitrogen and oxygen atoms in total. The number of hydrogen-bond acceptors (Lipinski definition) is 3. The van der Waals surface area contributed by atoms with Gasteiger partial charge in [0.2, 0.25) is 0 Å². The second kappa shape index (κ2) is 6.54. The predicted octanol–water partition coefficient (Wildman–Crippen LogP) is 3.54. The minimum Gasteiger partial charge on any atom is -0.507 e. The predicted molar refractivity (Wildman–Crippen MR) is 86.8 cm³/mol. The summed E-state index contributed by atoms with van der Waals surface area (Å²) < 4.78 is 0.822. The molecule has 0 saturated carbocycles. The third kappa shape index (κ3) is 3.92. The number of hydrogen-bond donors (Lipinski definition) is 2. The van der Waals surface area contributed by atoms with Crippen LogP contribution in [0.4, 0.5) is 0 Å². The van der Waals surface area contributed by atoms with Gasteiger partial charge in [-0.25, -0.2) is 5.43 Å². The van der Waals surface area contributed by atoms with E-state index in [0.717, 1.165) is 15.6 Å². The van der Waals surface area contributed by atoms with Crippen LogP contribution >= 0.6 is 15.9 Å². The summed E-state index contributed by atoms with van der Waals surface area (Å²) in [7, 11) is 0. The van der Waals surface area contributed by atoms with E-state index in [1.165, 1.54) is 6.21 Å². The van der Waals surface area contributed by atoms with Gasteiger partial charge < -0.3 is 5.11 Å². The van der Waals surface area contributed by atoms with E-state index in [1.807, 2.05) is 26.0 Å². The SMILES string of the molecule is Cc1ccc(C(=O)NN=Cc2cc(Br)ccc2O)cc1C. The molecule has 0 aliphatic rings. The van der Waals surface area contributed by atoms with Gasteiger partial charge in [0.25, 0.3) is 5.91 Å². The van der Waals surface area contributed by atoms with Crippen molar-refractivity contribution in [2.24, 2.45) is 5.10 Å². The van der Waals surface area contributed by atoms with Crippen LogP contribution in [-0.2, 0) is 0 Å². The Hall–Kier alpha value is -2.14. The Kier molecular flexibility index (Phi) is 4.75. The topological polar surface area (TPSA) is 61.7 Å². The molecule has 0 radical (unpaired) electrons. The molecule has 108 valence electrons. The van der Waals surface area contributed by atoms with E-state index in [0.29, 0.717) is 11.1 Å². The first kappa shape index (κ1) is 15.3. The molecule has 0 aromatic heterocycles. The largest absolute Gasteiger partial charge is 0.507 e. The highest BCUT2D eigenvalue weighted by Crippen LogP contribution is 2.19. The van der Waals surface area contributed by atoms with Gasteiger partial charge in [0.1, 0.15) is 5.75 Å². The third-order valence-electron chi connectivity index (χ3n) is 3.13. The normalized spacial score (nSPS) is 10.8. The number of rotatable bonds is 3. The van der Waals surface area contributed by atoms with E-state index in [2.05, 4.69) is 26.5 Å². The van der Waals surface area contributed by atoms with Crippen LogP contribution in [0.25, 0.3) is 0 Å². The minimum atomic E-state index is -0.288. The lowest BCUT2D eigenvalue weighted by molar-refractivity contribution is 0.0955. The molecule has 2 aromatic carbocycles. The number of carbonyl (C=O) groups is 1. The van der Waals surface area contributed by atoms with Crippen molar-refractivity contribution in [1.29, 1.82) is 0 Å². The summed E-state index contributed by atoms with van der Waals surface area (Å²) in [5.41, 5.74) is 5.70. The van der Waals surface area contributed by atoms with Crippen molar-refractivity contribution in [3.63, 3.8) is 0 Å². The number of nitrogens with one attached hydrogen (secondary N) is 1. The molecule has 2 aromatic rings. The second-order valence-corrected chi connectivity index (χ2v) is 5.62. The summed E-state index contributed by atoms with van der Waals surface area (Å²) in [6, 6.07) is 10.5. The number of phenols is 1. The Balaban J connectivity index is 2.08. The Morgan fingerprint density at radius 1 is 1.19 bits per heavy atom. The van der Waals surface area contributed by atoms with Crippen molar-refractivity contribution in [2.75, 3.05) is 0 Å². The van der Waals surface area contributed by atoms with Crippen LogP contribution in [0.3, 0.4) is 0 Å². The van der Waals surface area contributed by atoms with Gasteiger partial charge in [-0.15, -0.1) is 0 Å².